The number of likely N-dealkylation sites (N-methyl/N-ethyl adjacent to an activating group) is 1. The van der Waals surface area contributed by atoms with E-state index >= 15 is 0 Å². The molecule has 9 nitrogen and oxygen atoms in total. The number of rotatable bonds is 7. The fourth-order valence-electron chi connectivity index (χ4n) is 2.49. The molecular formula is C19H21ClN4O5. The van der Waals surface area contributed by atoms with E-state index in [9.17, 15) is 24.5 Å². The number of hydrogen-bond acceptors (Lipinski definition) is 7. The van der Waals surface area contributed by atoms with Crippen molar-refractivity contribution >= 4 is 41.4 Å². The van der Waals surface area contributed by atoms with Crippen LogP contribution in [0.1, 0.15) is 22.8 Å². The molecule has 2 rings (SSSR count). The first-order valence-electron chi connectivity index (χ1n) is 8.39. The largest absolute Gasteiger partial charge is 0.365 e. The number of benzene rings is 2. The number of hydrogen-bond donors (Lipinski definition) is 2. The third kappa shape index (κ3) is 6.09. The van der Waals surface area contributed by atoms with Gasteiger partial charge in [0.25, 0.3) is 5.69 Å². The summed E-state index contributed by atoms with van der Waals surface area (Å²) < 4.78 is 0. The highest BCUT2D eigenvalue weighted by atomic mass is 35.5. The van der Waals surface area contributed by atoms with Crippen molar-refractivity contribution in [3.63, 3.8) is 0 Å². The molecule has 0 fully saturated rings. The minimum absolute atomic E-state index is 0. The van der Waals surface area contributed by atoms with Crippen LogP contribution >= 0.6 is 12.4 Å². The van der Waals surface area contributed by atoms with Crippen LogP contribution in [0.2, 0.25) is 0 Å². The molecule has 0 heterocycles. The highest BCUT2D eigenvalue weighted by Gasteiger charge is 2.22. The van der Waals surface area contributed by atoms with Crippen LogP contribution in [-0.4, -0.2) is 42.2 Å². The molecule has 1 atom stereocenters. The number of imide groups is 1. The first-order chi connectivity index (χ1) is 13.2. The lowest BCUT2D eigenvalue weighted by Crippen LogP contribution is -2.45. The number of carbonyl (C=O) groups is 3. The van der Waals surface area contributed by atoms with Gasteiger partial charge in [-0.15, -0.1) is 12.4 Å². The summed E-state index contributed by atoms with van der Waals surface area (Å²) in [6.07, 6.45) is 0. The number of nitrogens with two attached hydrogens (primary N) is 1. The molecule has 0 aliphatic rings. The van der Waals surface area contributed by atoms with E-state index in [1.807, 2.05) is 0 Å². The Bertz CT molecular complexity index is 918. The summed E-state index contributed by atoms with van der Waals surface area (Å²) in [6, 6.07) is 11.3. The Morgan fingerprint density at radius 3 is 2.34 bits per heavy atom. The monoisotopic (exact) mass is 420 g/mol. The first-order valence-corrected chi connectivity index (χ1v) is 8.39. The van der Waals surface area contributed by atoms with E-state index in [-0.39, 0.29) is 30.2 Å². The fourth-order valence-corrected chi connectivity index (χ4v) is 2.49. The topological polar surface area (TPSA) is 136 Å². The quantitative estimate of drug-likeness (QED) is 0.395. The normalized spacial score (nSPS) is 11.0. The van der Waals surface area contributed by atoms with E-state index < -0.39 is 28.6 Å². The molecule has 0 unspecified atom stereocenters. The molecule has 0 bridgehead atoms. The zero-order chi connectivity index (χ0) is 20.8. The molecule has 0 saturated carbocycles. The van der Waals surface area contributed by atoms with Crippen LogP contribution in [0, 0.1) is 10.1 Å². The van der Waals surface area contributed by atoms with Gasteiger partial charge in [0.1, 0.15) is 0 Å². The Balaban J connectivity index is 0.00000420. The molecule has 0 saturated heterocycles. The van der Waals surface area contributed by atoms with Crippen molar-refractivity contribution in [2.24, 2.45) is 5.73 Å². The smallest absolute Gasteiger partial charge is 0.270 e. The second-order valence-corrected chi connectivity index (χ2v) is 6.21. The second kappa shape index (κ2) is 10.3. The molecule has 3 N–H and O–H groups in total. The summed E-state index contributed by atoms with van der Waals surface area (Å²) in [4.78, 5) is 48.4. The van der Waals surface area contributed by atoms with Crippen molar-refractivity contribution in [1.82, 2.24) is 5.32 Å². The maximum atomic E-state index is 12.9. The highest BCUT2D eigenvalue weighted by Crippen LogP contribution is 2.27. The van der Waals surface area contributed by atoms with E-state index in [0.717, 1.165) is 0 Å². The van der Waals surface area contributed by atoms with Crippen molar-refractivity contribution in [3.05, 3.63) is 69.8 Å². The first kappa shape index (κ1) is 23.7. The third-order valence-corrected chi connectivity index (χ3v) is 3.94. The van der Waals surface area contributed by atoms with Gasteiger partial charge in [0, 0.05) is 30.4 Å². The van der Waals surface area contributed by atoms with Crippen molar-refractivity contribution in [2.45, 2.75) is 13.0 Å². The summed E-state index contributed by atoms with van der Waals surface area (Å²) in [5, 5.41) is 13.3. The van der Waals surface area contributed by atoms with Crippen molar-refractivity contribution in [1.29, 1.82) is 0 Å². The fraction of sp³-hybridized carbons (Fsp3) is 0.211. The van der Waals surface area contributed by atoms with Crippen LogP contribution in [0.15, 0.2) is 48.5 Å². The van der Waals surface area contributed by atoms with E-state index in [2.05, 4.69) is 5.32 Å². The van der Waals surface area contributed by atoms with Gasteiger partial charge in [-0.25, -0.2) is 0 Å². The van der Waals surface area contributed by atoms with Gasteiger partial charge in [0.15, 0.2) is 5.78 Å². The molecular weight excluding hydrogens is 400 g/mol. The Kier molecular flexibility index (Phi) is 8.43. The van der Waals surface area contributed by atoms with Gasteiger partial charge in [-0.1, -0.05) is 30.3 Å². The number of anilines is 1. The molecule has 0 radical (unpaired) electrons. The maximum absolute atomic E-state index is 12.9. The van der Waals surface area contributed by atoms with Gasteiger partial charge in [0.05, 0.1) is 23.1 Å². The van der Waals surface area contributed by atoms with E-state index in [0.29, 0.717) is 11.3 Å². The standard InChI is InChI=1S/C19H20N4O5.ClH/c1-12(20)19(26)21-17(24)11-22(2)16-9-8-14(23(27)28)10-15(16)18(25)13-6-4-3-5-7-13;/h3-10,12H,11,20H2,1-2H3,(H,21,24,26);1H/t12-;/m0./s1. The van der Waals surface area contributed by atoms with Crippen molar-refractivity contribution < 1.29 is 19.3 Å². The predicted octanol–water partition coefficient (Wildman–Crippen LogP) is 1.67. The SMILES string of the molecule is C[C@H](N)C(=O)NC(=O)CN(C)c1ccc([N+](=O)[O-])cc1C(=O)c1ccccc1.Cl. The summed E-state index contributed by atoms with van der Waals surface area (Å²) in [5.74, 6) is -1.65. The van der Waals surface area contributed by atoms with Gasteiger partial charge in [0.2, 0.25) is 11.8 Å². The number of amides is 2. The summed E-state index contributed by atoms with van der Waals surface area (Å²) in [6.45, 7) is 1.20. The van der Waals surface area contributed by atoms with Gasteiger partial charge in [-0.3, -0.25) is 29.8 Å². The Morgan fingerprint density at radius 1 is 1.17 bits per heavy atom. The minimum atomic E-state index is -0.844. The number of non-ortho nitro benzene ring substituents is 1. The molecule has 0 spiro atoms. The Morgan fingerprint density at radius 2 is 1.79 bits per heavy atom. The van der Waals surface area contributed by atoms with Crippen LogP contribution in [0.4, 0.5) is 11.4 Å². The van der Waals surface area contributed by atoms with Gasteiger partial charge >= 0.3 is 0 Å². The van der Waals surface area contributed by atoms with Crippen molar-refractivity contribution in [3.8, 4) is 0 Å². The maximum Gasteiger partial charge on any atom is 0.270 e. The lowest BCUT2D eigenvalue weighted by Gasteiger charge is -2.21. The van der Waals surface area contributed by atoms with Gasteiger partial charge in [-0.2, -0.15) is 0 Å². The molecule has 154 valence electrons. The number of nitro benzene ring substituents is 1. The van der Waals surface area contributed by atoms with Crippen LogP contribution in [0.25, 0.3) is 0 Å². The summed E-state index contributed by atoms with van der Waals surface area (Å²) >= 11 is 0. The predicted molar refractivity (Wildman–Crippen MR) is 110 cm³/mol. The van der Waals surface area contributed by atoms with Gasteiger partial charge < -0.3 is 10.6 Å². The lowest BCUT2D eigenvalue weighted by atomic mass is 10.0. The van der Waals surface area contributed by atoms with Crippen LogP contribution < -0.4 is 16.0 Å². The molecule has 2 aromatic rings. The zero-order valence-electron chi connectivity index (χ0n) is 15.8. The lowest BCUT2D eigenvalue weighted by molar-refractivity contribution is -0.384. The van der Waals surface area contributed by atoms with Crippen molar-refractivity contribution in [2.75, 3.05) is 18.5 Å². The van der Waals surface area contributed by atoms with Crippen LogP contribution in [0.3, 0.4) is 0 Å². The van der Waals surface area contributed by atoms with E-state index in [4.69, 9.17) is 5.73 Å². The molecule has 2 amide bonds. The van der Waals surface area contributed by atoms with E-state index in [1.54, 1.807) is 37.4 Å². The zero-order valence-corrected chi connectivity index (χ0v) is 16.6. The third-order valence-electron chi connectivity index (χ3n) is 3.94. The second-order valence-electron chi connectivity index (χ2n) is 6.21. The molecule has 2 aromatic carbocycles. The number of halogens is 1. The number of ketones is 1. The Labute approximate surface area is 173 Å². The number of nitrogens with one attached hydrogen (secondary N) is 1. The number of carbonyl (C=O) groups excluding carboxylic acids is 3. The van der Waals surface area contributed by atoms with Gasteiger partial charge in [-0.05, 0) is 13.0 Å². The average molecular weight is 421 g/mol. The average Bonchev–Trinajstić information content (AvgIpc) is 2.67. The number of nitrogens with zero attached hydrogens (tertiary/aromatic N) is 2. The molecule has 29 heavy (non-hydrogen) atoms. The van der Waals surface area contributed by atoms with Crippen LogP contribution in [0.5, 0.6) is 0 Å². The molecule has 0 aliphatic carbocycles. The van der Waals surface area contributed by atoms with E-state index in [1.165, 1.54) is 30.0 Å². The minimum Gasteiger partial charge on any atom is -0.365 e. The summed E-state index contributed by atoms with van der Waals surface area (Å²) in [5.41, 5.74) is 5.93. The summed E-state index contributed by atoms with van der Waals surface area (Å²) in [7, 11) is 1.54. The molecule has 10 heteroatoms. The molecule has 0 aromatic heterocycles. The molecule has 0 aliphatic heterocycles. The number of nitro groups is 1. The highest BCUT2D eigenvalue weighted by molar-refractivity contribution is 6.13. The van der Waals surface area contributed by atoms with Crippen LogP contribution in [-0.2, 0) is 9.59 Å². The Hall–Kier alpha value is -3.30.